The normalized spacial score (nSPS) is 26.8. The molecule has 0 bridgehead atoms. The average molecular weight is 214 g/mol. The maximum Gasteiger partial charge on any atom is 0.0558 e. The van der Waals surface area contributed by atoms with Crippen molar-refractivity contribution in [3.8, 4) is 0 Å². The van der Waals surface area contributed by atoms with Crippen molar-refractivity contribution in [2.24, 2.45) is 0 Å². The summed E-state index contributed by atoms with van der Waals surface area (Å²) in [6.45, 7) is 10.1. The minimum atomic E-state index is 0.165. The van der Waals surface area contributed by atoms with E-state index in [1.807, 2.05) is 7.05 Å². The zero-order chi connectivity index (χ0) is 11.7. The van der Waals surface area contributed by atoms with Crippen LogP contribution in [-0.4, -0.2) is 47.3 Å². The van der Waals surface area contributed by atoms with Gasteiger partial charge in [0.25, 0.3) is 0 Å². The van der Waals surface area contributed by atoms with E-state index in [2.05, 4.69) is 37.9 Å². The third-order valence-corrected chi connectivity index (χ3v) is 3.69. The van der Waals surface area contributed by atoms with Crippen LogP contribution in [0, 0.1) is 0 Å². The van der Waals surface area contributed by atoms with Gasteiger partial charge in [-0.25, -0.2) is 0 Å². The summed E-state index contributed by atoms with van der Waals surface area (Å²) in [7, 11) is 2.04. The smallest absolute Gasteiger partial charge is 0.0558 e. The van der Waals surface area contributed by atoms with Crippen molar-refractivity contribution >= 4 is 0 Å². The number of nitrogens with zero attached hydrogens (tertiary/aromatic N) is 1. The van der Waals surface area contributed by atoms with E-state index in [9.17, 15) is 0 Å². The van der Waals surface area contributed by atoms with Crippen LogP contribution in [0.25, 0.3) is 0 Å². The molecule has 0 saturated carbocycles. The first-order valence-electron chi connectivity index (χ1n) is 5.89. The van der Waals surface area contributed by atoms with Crippen molar-refractivity contribution < 1.29 is 5.11 Å². The molecule has 2 N–H and O–H groups in total. The molecule has 1 aliphatic rings. The van der Waals surface area contributed by atoms with E-state index >= 15 is 0 Å². The van der Waals surface area contributed by atoms with Gasteiger partial charge >= 0.3 is 0 Å². The fourth-order valence-electron chi connectivity index (χ4n) is 3.23. The number of aliphatic hydroxyl groups excluding tert-OH is 1. The van der Waals surface area contributed by atoms with Gasteiger partial charge in [-0.3, -0.25) is 4.90 Å². The summed E-state index contributed by atoms with van der Waals surface area (Å²) in [5.74, 6) is 0. The Balaban J connectivity index is 2.85. The SMILES string of the molecule is CNC1CC(C)(C)N(CCO)C(C)(C)C1. The Bertz CT molecular complexity index is 196. The molecule has 3 heteroatoms. The van der Waals surface area contributed by atoms with E-state index in [1.165, 1.54) is 0 Å². The van der Waals surface area contributed by atoms with Gasteiger partial charge in [-0.2, -0.15) is 0 Å². The maximum absolute atomic E-state index is 9.15. The molecule has 1 aliphatic heterocycles. The molecule has 0 unspecified atom stereocenters. The van der Waals surface area contributed by atoms with Crippen molar-refractivity contribution in [2.45, 2.75) is 57.7 Å². The van der Waals surface area contributed by atoms with Crippen LogP contribution in [0.15, 0.2) is 0 Å². The number of piperidine rings is 1. The van der Waals surface area contributed by atoms with E-state index in [-0.39, 0.29) is 17.7 Å². The molecule has 1 heterocycles. The summed E-state index contributed by atoms with van der Waals surface area (Å²) in [4.78, 5) is 2.44. The highest BCUT2D eigenvalue weighted by Gasteiger charge is 2.44. The predicted octanol–water partition coefficient (Wildman–Crippen LogP) is 1.22. The van der Waals surface area contributed by atoms with Gasteiger partial charge in [0.05, 0.1) is 6.61 Å². The van der Waals surface area contributed by atoms with Crippen molar-refractivity contribution in [1.82, 2.24) is 10.2 Å². The van der Waals surface area contributed by atoms with Crippen LogP contribution in [0.2, 0.25) is 0 Å². The number of nitrogens with one attached hydrogen (secondary N) is 1. The average Bonchev–Trinajstić information content (AvgIpc) is 2.10. The second kappa shape index (κ2) is 4.40. The molecule has 0 radical (unpaired) electrons. The Labute approximate surface area is 93.9 Å². The molecule has 1 rings (SSSR count). The van der Waals surface area contributed by atoms with E-state index < -0.39 is 0 Å². The molecule has 1 saturated heterocycles. The van der Waals surface area contributed by atoms with Gasteiger partial charge < -0.3 is 10.4 Å². The lowest BCUT2D eigenvalue weighted by atomic mass is 9.77. The summed E-state index contributed by atoms with van der Waals surface area (Å²) in [5.41, 5.74) is 0.330. The molecule has 0 aromatic rings. The number of hydrogen-bond donors (Lipinski definition) is 2. The first-order valence-corrected chi connectivity index (χ1v) is 5.89. The summed E-state index contributed by atoms with van der Waals surface area (Å²) in [6.07, 6.45) is 2.29. The third kappa shape index (κ3) is 2.71. The molecule has 90 valence electrons. The minimum absolute atomic E-state index is 0.165. The van der Waals surface area contributed by atoms with Gasteiger partial charge in [-0.05, 0) is 47.6 Å². The molecule has 3 nitrogen and oxygen atoms in total. The van der Waals surface area contributed by atoms with E-state index in [0.29, 0.717) is 6.04 Å². The van der Waals surface area contributed by atoms with Crippen LogP contribution in [0.5, 0.6) is 0 Å². The lowest BCUT2D eigenvalue weighted by molar-refractivity contribution is -0.0479. The molecule has 0 atom stereocenters. The maximum atomic E-state index is 9.15. The molecule has 0 amide bonds. The Morgan fingerprint density at radius 3 is 2.00 bits per heavy atom. The fraction of sp³-hybridized carbons (Fsp3) is 1.00. The van der Waals surface area contributed by atoms with E-state index in [0.717, 1.165) is 19.4 Å². The minimum Gasteiger partial charge on any atom is -0.395 e. The number of hydrogen-bond acceptors (Lipinski definition) is 3. The number of rotatable bonds is 3. The van der Waals surface area contributed by atoms with Crippen molar-refractivity contribution in [2.75, 3.05) is 20.2 Å². The molecule has 15 heavy (non-hydrogen) atoms. The van der Waals surface area contributed by atoms with Gasteiger partial charge in [0, 0.05) is 23.7 Å². The van der Waals surface area contributed by atoms with Crippen LogP contribution in [0.4, 0.5) is 0 Å². The molecular formula is C12H26N2O. The zero-order valence-electron chi connectivity index (χ0n) is 10.8. The van der Waals surface area contributed by atoms with Gasteiger partial charge in [-0.1, -0.05) is 0 Å². The summed E-state index contributed by atoms with van der Waals surface area (Å²) >= 11 is 0. The summed E-state index contributed by atoms with van der Waals surface area (Å²) in [6, 6.07) is 0.588. The quantitative estimate of drug-likeness (QED) is 0.741. The fourth-order valence-corrected chi connectivity index (χ4v) is 3.23. The highest BCUT2D eigenvalue weighted by molar-refractivity contribution is 5.01. The van der Waals surface area contributed by atoms with Crippen molar-refractivity contribution in [3.05, 3.63) is 0 Å². The van der Waals surface area contributed by atoms with Gasteiger partial charge in [-0.15, -0.1) is 0 Å². The van der Waals surface area contributed by atoms with Crippen molar-refractivity contribution in [3.63, 3.8) is 0 Å². The van der Waals surface area contributed by atoms with Gasteiger partial charge in [0.15, 0.2) is 0 Å². The molecule has 0 aromatic carbocycles. The second-order valence-electron chi connectivity index (χ2n) is 5.89. The summed E-state index contributed by atoms with van der Waals surface area (Å²) in [5, 5.41) is 12.5. The van der Waals surface area contributed by atoms with Crippen LogP contribution < -0.4 is 5.32 Å². The summed E-state index contributed by atoms with van der Waals surface area (Å²) < 4.78 is 0. The predicted molar refractivity (Wildman–Crippen MR) is 64.0 cm³/mol. The number of β-amino-alcohol motifs (C(OH)–C–C–N with tert-alkyl or cyclic N) is 1. The zero-order valence-corrected chi connectivity index (χ0v) is 10.8. The monoisotopic (exact) mass is 214 g/mol. The molecule has 0 aliphatic carbocycles. The van der Waals surface area contributed by atoms with Gasteiger partial charge in [0.2, 0.25) is 0 Å². The standard InChI is InChI=1S/C12H26N2O/c1-11(2)8-10(13-5)9-12(3,4)14(11)6-7-15/h10,13,15H,6-9H2,1-5H3. The van der Waals surface area contributed by atoms with E-state index in [1.54, 1.807) is 0 Å². The first-order chi connectivity index (χ1) is 6.83. The topological polar surface area (TPSA) is 35.5 Å². The molecule has 0 aromatic heterocycles. The molecule has 0 spiro atoms. The van der Waals surface area contributed by atoms with Crippen LogP contribution in [0.3, 0.4) is 0 Å². The Morgan fingerprint density at radius 2 is 1.67 bits per heavy atom. The molecular weight excluding hydrogens is 188 g/mol. The highest BCUT2D eigenvalue weighted by atomic mass is 16.3. The Morgan fingerprint density at radius 1 is 1.20 bits per heavy atom. The van der Waals surface area contributed by atoms with Crippen LogP contribution >= 0.6 is 0 Å². The van der Waals surface area contributed by atoms with Gasteiger partial charge in [0.1, 0.15) is 0 Å². The third-order valence-electron chi connectivity index (χ3n) is 3.69. The van der Waals surface area contributed by atoms with Crippen LogP contribution in [0.1, 0.15) is 40.5 Å². The Hall–Kier alpha value is -0.120. The number of aliphatic hydroxyl groups is 1. The first kappa shape index (κ1) is 12.9. The van der Waals surface area contributed by atoms with E-state index in [4.69, 9.17) is 5.11 Å². The Kier molecular flexibility index (Phi) is 3.80. The lowest BCUT2D eigenvalue weighted by Crippen LogP contribution is -2.64. The second-order valence-corrected chi connectivity index (χ2v) is 5.89. The van der Waals surface area contributed by atoms with Crippen molar-refractivity contribution in [1.29, 1.82) is 0 Å². The van der Waals surface area contributed by atoms with Crippen LogP contribution in [-0.2, 0) is 0 Å². The number of likely N-dealkylation sites (tertiary alicyclic amines) is 1. The highest BCUT2D eigenvalue weighted by Crippen LogP contribution is 2.37. The lowest BCUT2D eigenvalue weighted by Gasteiger charge is -2.55. The largest absolute Gasteiger partial charge is 0.395 e. The molecule has 1 fully saturated rings.